The van der Waals surface area contributed by atoms with Crippen molar-refractivity contribution in [2.24, 2.45) is 17.9 Å². The second-order valence-corrected chi connectivity index (χ2v) is 12.3. The van der Waals surface area contributed by atoms with Gasteiger partial charge in [-0.1, -0.05) is 38.4 Å². The van der Waals surface area contributed by atoms with Gasteiger partial charge in [0.2, 0.25) is 0 Å². The number of rotatable bonds is 5. The molecule has 2 aliphatic rings. The maximum absolute atomic E-state index is 13.3. The average molecular weight is 540 g/mol. The topological polar surface area (TPSA) is 63.1 Å². The smallest absolute Gasteiger partial charge is 0.349 e. The summed E-state index contributed by atoms with van der Waals surface area (Å²) in [6.07, 6.45) is 2.86. The fourth-order valence-electron chi connectivity index (χ4n) is 5.48. The third-order valence-electron chi connectivity index (χ3n) is 7.96. The molecular formula is C27H37ClF3N5O. The lowest BCUT2D eigenvalue weighted by molar-refractivity contribution is -0.141. The molecule has 2 aromatic heterocycles. The minimum Gasteiger partial charge on any atom is -0.349 e. The number of hydrogen-bond acceptors (Lipinski definition) is 4. The summed E-state index contributed by atoms with van der Waals surface area (Å²) in [6, 6.07) is 3.55. The van der Waals surface area contributed by atoms with E-state index >= 15 is 0 Å². The second-order valence-electron chi connectivity index (χ2n) is 11.9. The molecule has 1 aliphatic heterocycles. The van der Waals surface area contributed by atoms with Crippen LogP contribution in [0.4, 0.5) is 13.2 Å². The van der Waals surface area contributed by atoms with Gasteiger partial charge in [-0.15, -0.1) is 0 Å². The predicted octanol–water partition coefficient (Wildman–Crippen LogP) is 6.35. The molecule has 0 radical (unpaired) electrons. The number of aromatic nitrogens is 3. The van der Waals surface area contributed by atoms with E-state index in [0.29, 0.717) is 10.8 Å². The summed E-state index contributed by atoms with van der Waals surface area (Å²) in [7, 11) is 1.55. The Morgan fingerprint density at radius 2 is 1.78 bits per heavy atom. The van der Waals surface area contributed by atoms with Gasteiger partial charge in [-0.25, -0.2) is 4.98 Å². The van der Waals surface area contributed by atoms with Gasteiger partial charge in [0, 0.05) is 13.1 Å². The van der Waals surface area contributed by atoms with Crippen LogP contribution in [0.1, 0.15) is 81.8 Å². The monoisotopic (exact) mass is 539 g/mol. The highest BCUT2D eigenvalue weighted by atomic mass is 35.5. The van der Waals surface area contributed by atoms with Gasteiger partial charge in [-0.05, 0) is 87.5 Å². The Morgan fingerprint density at radius 3 is 2.38 bits per heavy atom. The fraction of sp³-hybridized carbons (Fsp3) is 0.667. The minimum absolute atomic E-state index is 0.00404. The molecule has 6 nitrogen and oxygen atoms in total. The molecule has 1 N–H and O–H groups in total. The van der Waals surface area contributed by atoms with E-state index in [0.717, 1.165) is 51.4 Å². The Labute approximate surface area is 222 Å². The minimum atomic E-state index is -4.60. The zero-order chi connectivity index (χ0) is 27.0. The van der Waals surface area contributed by atoms with Crippen molar-refractivity contribution in [3.8, 4) is 11.4 Å². The molecule has 1 aliphatic carbocycles. The number of nitrogens with zero attached hydrogens (tertiary/aromatic N) is 4. The molecule has 0 atom stereocenters. The Kier molecular flexibility index (Phi) is 7.96. The highest BCUT2D eigenvalue weighted by molar-refractivity contribution is 6.33. The van der Waals surface area contributed by atoms with Gasteiger partial charge in [0.05, 0.1) is 5.69 Å². The van der Waals surface area contributed by atoms with Gasteiger partial charge < -0.3 is 10.2 Å². The third-order valence-corrected chi connectivity index (χ3v) is 8.40. The molecule has 3 heterocycles. The van der Waals surface area contributed by atoms with Crippen LogP contribution in [0.5, 0.6) is 0 Å². The zero-order valence-corrected chi connectivity index (χ0v) is 22.8. The van der Waals surface area contributed by atoms with Crippen LogP contribution in [0.25, 0.3) is 11.4 Å². The van der Waals surface area contributed by atoms with Crippen molar-refractivity contribution in [3.05, 3.63) is 34.6 Å². The van der Waals surface area contributed by atoms with Crippen molar-refractivity contribution in [1.82, 2.24) is 25.0 Å². The van der Waals surface area contributed by atoms with E-state index in [1.807, 2.05) is 0 Å². The fourth-order valence-corrected chi connectivity index (χ4v) is 5.70. The van der Waals surface area contributed by atoms with Crippen LogP contribution in [-0.4, -0.2) is 51.2 Å². The molecule has 0 unspecified atom stereocenters. The maximum Gasteiger partial charge on any atom is 0.433 e. The van der Waals surface area contributed by atoms with Crippen LogP contribution < -0.4 is 5.32 Å². The van der Waals surface area contributed by atoms with E-state index in [9.17, 15) is 18.0 Å². The summed E-state index contributed by atoms with van der Waals surface area (Å²) < 4.78 is 40.9. The van der Waals surface area contributed by atoms with Crippen molar-refractivity contribution in [3.63, 3.8) is 0 Å². The van der Waals surface area contributed by atoms with Crippen LogP contribution in [0.15, 0.2) is 18.2 Å². The molecule has 0 aromatic carbocycles. The number of aryl methyl sites for hydroxylation is 1. The second kappa shape index (κ2) is 10.6. The Bertz CT molecular complexity index is 1110. The number of hydrogen-bond donors (Lipinski definition) is 1. The molecule has 1 amide bonds. The van der Waals surface area contributed by atoms with E-state index < -0.39 is 17.8 Å². The molecule has 37 heavy (non-hydrogen) atoms. The van der Waals surface area contributed by atoms with Crippen LogP contribution in [0, 0.1) is 10.8 Å². The molecule has 1 saturated carbocycles. The van der Waals surface area contributed by atoms with Crippen LogP contribution in [0.2, 0.25) is 5.15 Å². The number of carbonyl (C=O) groups is 1. The van der Waals surface area contributed by atoms with E-state index in [4.69, 9.17) is 11.6 Å². The third kappa shape index (κ3) is 6.66. The quantitative estimate of drug-likeness (QED) is 0.481. The van der Waals surface area contributed by atoms with Crippen molar-refractivity contribution in [2.45, 2.75) is 77.9 Å². The number of carbonyl (C=O) groups excluding carboxylic acids is 1. The van der Waals surface area contributed by atoms with Gasteiger partial charge in [0.1, 0.15) is 22.1 Å². The number of alkyl halides is 3. The maximum atomic E-state index is 13.3. The van der Waals surface area contributed by atoms with E-state index in [-0.39, 0.29) is 28.1 Å². The SMILES string of the molecule is Cn1nc(-c2cccc(C(F)(F)F)n2)c(C(=O)NC2CCC3(CC2)CCN(CCC(C)(C)C)CC3)c1Cl. The highest BCUT2D eigenvalue weighted by Gasteiger charge is 2.39. The molecule has 10 heteroatoms. The molecule has 2 fully saturated rings. The van der Waals surface area contributed by atoms with Gasteiger partial charge in [-0.3, -0.25) is 9.48 Å². The summed E-state index contributed by atoms with van der Waals surface area (Å²) in [6.45, 7) is 10.3. The highest BCUT2D eigenvalue weighted by Crippen LogP contribution is 2.45. The lowest BCUT2D eigenvalue weighted by atomic mass is 9.67. The number of amides is 1. The summed E-state index contributed by atoms with van der Waals surface area (Å²) in [5.74, 6) is -0.426. The normalized spacial score (nSPS) is 19.4. The number of piperidine rings is 1. The van der Waals surface area contributed by atoms with Gasteiger partial charge >= 0.3 is 6.18 Å². The first-order chi connectivity index (χ1) is 17.3. The first-order valence-corrected chi connectivity index (χ1v) is 13.4. The summed E-state index contributed by atoms with van der Waals surface area (Å²) in [5.41, 5.74) is -0.282. The van der Waals surface area contributed by atoms with E-state index in [1.54, 1.807) is 7.05 Å². The lowest BCUT2D eigenvalue weighted by Crippen LogP contribution is -2.46. The Morgan fingerprint density at radius 1 is 1.14 bits per heavy atom. The molecule has 204 valence electrons. The molecule has 1 spiro atoms. The molecule has 0 bridgehead atoms. The number of likely N-dealkylation sites (tertiary alicyclic amines) is 1. The van der Waals surface area contributed by atoms with Crippen molar-refractivity contribution in [2.75, 3.05) is 19.6 Å². The number of halogens is 4. The standard InChI is InChI=1S/C27H37ClF3N5O/c1-25(2,3)12-15-36-16-13-26(14-17-36)10-8-18(9-11-26)32-24(37)21-22(34-35(4)23(21)28)19-6-5-7-20(33-19)27(29,30)31/h5-7,18H,8-17H2,1-4H3,(H,32,37). The van der Waals surface area contributed by atoms with Crippen LogP contribution in [-0.2, 0) is 13.2 Å². The van der Waals surface area contributed by atoms with Crippen molar-refractivity contribution >= 4 is 17.5 Å². The number of pyridine rings is 1. The van der Waals surface area contributed by atoms with E-state index in [2.05, 4.69) is 41.1 Å². The summed E-state index contributed by atoms with van der Waals surface area (Å²) in [5, 5.41) is 7.36. The lowest BCUT2D eigenvalue weighted by Gasteiger charge is -2.46. The first-order valence-electron chi connectivity index (χ1n) is 13.1. The average Bonchev–Trinajstić information content (AvgIpc) is 3.14. The Hall–Kier alpha value is -2.13. The first kappa shape index (κ1) is 27.9. The largest absolute Gasteiger partial charge is 0.433 e. The van der Waals surface area contributed by atoms with Gasteiger partial charge in [0.25, 0.3) is 5.91 Å². The van der Waals surface area contributed by atoms with Crippen LogP contribution in [0.3, 0.4) is 0 Å². The number of nitrogens with one attached hydrogen (secondary N) is 1. The van der Waals surface area contributed by atoms with E-state index in [1.165, 1.54) is 36.1 Å². The Balaban J connectivity index is 1.38. The summed E-state index contributed by atoms with van der Waals surface area (Å²) in [4.78, 5) is 19.6. The summed E-state index contributed by atoms with van der Waals surface area (Å²) >= 11 is 6.38. The van der Waals surface area contributed by atoms with Crippen LogP contribution >= 0.6 is 11.6 Å². The van der Waals surface area contributed by atoms with Crippen molar-refractivity contribution in [1.29, 1.82) is 0 Å². The molecule has 1 saturated heterocycles. The van der Waals surface area contributed by atoms with Gasteiger partial charge in [0.15, 0.2) is 0 Å². The van der Waals surface area contributed by atoms with Gasteiger partial charge in [-0.2, -0.15) is 18.3 Å². The van der Waals surface area contributed by atoms with Crippen molar-refractivity contribution < 1.29 is 18.0 Å². The molecular weight excluding hydrogens is 503 g/mol. The predicted molar refractivity (Wildman–Crippen MR) is 138 cm³/mol. The molecule has 2 aromatic rings. The molecule has 4 rings (SSSR count). The zero-order valence-electron chi connectivity index (χ0n) is 22.1.